The topological polar surface area (TPSA) is 92.2 Å². The Kier molecular flexibility index (Phi) is 7.08. The summed E-state index contributed by atoms with van der Waals surface area (Å²) in [5.41, 5.74) is 7.52. The first-order valence-electron chi connectivity index (χ1n) is 12.8. The number of piperazine rings is 1. The molecule has 1 N–H and O–H groups in total. The predicted octanol–water partition coefficient (Wildman–Crippen LogP) is 3.31. The molecule has 5 rings (SSSR count). The van der Waals surface area contributed by atoms with Gasteiger partial charge >= 0.3 is 0 Å². The van der Waals surface area contributed by atoms with Crippen molar-refractivity contribution >= 4 is 16.6 Å². The van der Waals surface area contributed by atoms with Crippen LogP contribution in [-0.2, 0) is 11.3 Å². The summed E-state index contributed by atoms with van der Waals surface area (Å²) >= 11 is 0. The minimum atomic E-state index is -0.374. The second kappa shape index (κ2) is 10.4. The van der Waals surface area contributed by atoms with Crippen LogP contribution in [0.3, 0.4) is 0 Å². The molecule has 0 spiro atoms. The van der Waals surface area contributed by atoms with Gasteiger partial charge in [0.15, 0.2) is 5.82 Å². The molecule has 1 atom stereocenters. The van der Waals surface area contributed by atoms with Gasteiger partial charge < -0.3 is 14.6 Å². The van der Waals surface area contributed by atoms with Gasteiger partial charge in [0.05, 0.1) is 18.7 Å². The van der Waals surface area contributed by atoms with Gasteiger partial charge in [0.25, 0.3) is 5.56 Å². The number of ether oxygens (including phenoxy) is 1. The highest BCUT2D eigenvalue weighted by Crippen LogP contribution is 2.30. The molecule has 3 heterocycles. The smallest absolute Gasteiger partial charge is 0.253 e. The molecule has 9 nitrogen and oxygen atoms in total. The number of hydrogen-bond donors (Lipinski definition) is 1. The van der Waals surface area contributed by atoms with Gasteiger partial charge in [0.2, 0.25) is 0 Å². The van der Waals surface area contributed by atoms with Crippen LogP contribution in [0, 0.1) is 27.7 Å². The number of nitrogens with one attached hydrogen (secondary N) is 1. The van der Waals surface area contributed by atoms with Gasteiger partial charge in [-0.3, -0.25) is 9.69 Å². The van der Waals surface area contributed by atoms with E-state index in [0.717, 1.165) is 48.2 Å². The van der Waals surface area contributed by atoms with Crippen molar-refractivity contribution in [2.75, 3.05) is 44.8 Å². The molecule has 9 heteroatoms. The number of anilines is 1. The summed E-state index contributed by atoms with van der Waals surface area (Å²) in [7, 11) is 1.66. The lowest BCUT2D eigenvalue weighted by molar-refractivity contribution is 0.171. The standard InChI is InChI=1S/C28H35N7O2/c1-18-15-20(3)25-22(16-18)17-23(28(36)29-25)26(27-30-31-32-35(27)13-14-37-5)34-11-9-33(10-12-34)24-8-6-7-19(2)21(24)4/h6-8,15-17,26H,9-14H2,1-5H3,(H,29,36)/t26-/m1/s1. The zero-order chi connectivity index (χ0) is 26.1. The minimum absolute atomic E-state index is 0.109. The number of tetrazole rings is 1. The van der Waals surface area contributed by atoms with E-state index in [1.165, 1.54) is 16.8 Å². The molecule has 4 aromatic rings. The minimum Gasteiger partial charge on any atom is -0.383 e. The first kappa shape index (κ1) is 25.1. The van der Waals surface area contributed by atoms with Crippen LogP contribution in [0.2, 0.25) is 0 Å². The Morgan fingerprint density at radius 3 is 2.57 bits per heavy atom. The second-order valence-electron chi connectivity index (χ2n) is 10.00. The fourth-order valence-electron chi connectivity index (χ4n) is 5.45. The average molecular weight is 502 g/mol. The Hall–Kier alpha value is -3.56. The molecule has 2 aromatic carbocycles. The van der Waals surface area contributed by atoms with Crippen LogP contribution in [0.4, 0.5) is 5.69 Å². The van der Waals surface area contributed by atoms with Gasteiger partial charge in [-0.2, -0.15) is 0 Å². The number of aromatic nitrogens is 5. The van der Waals surface area contributed by atoms with Gasteiger partial charge in [-0.1, -0.05) is 23.8 Å². The fraction of sp³-hybridized carbons (Fsp3) is 0.429. The number of fused-ring (bicyclic) bond motifs is 1. The molecule has 0 bridgehead atoms. The predicted molar refractivity (Wildman–Crippen MR) is 145 cm³/mol. The van der Waals surface area contributed by atoms with E-state index in [-0.39, 0.29) is 11.6 Å². The van der Waals surface area contributed by atoms with E-state index >= 15 is 0 Å². The second-order valence-corrected chi connectivity index (χ2v) is 10.00. The highest BCUT2D eigenvalue weighted by Gasteiger charge is 2.33. The molecule has 0 aliphatic carbocycles. The van der Waals surface area contributed by atoms with E-state index in [4.69, 9.17) is 4.74 Å². The zero-order valence-corrected chi connectivity index (χ0v) is 22.3. The van der Waals surface area contributed by atoms with E-state index in [2.05, 4.69) is 81.4 Å². The van der Waals surface area contributed by atoms with Crippen molar-refractivity contribution in [2.45, 2.75) is 40.3 Å². The summed E-state index contributed by atoms with van der Waals surface area (Å²) in [6.07, 6.45) is 0. The Labute approximate surface area is 217 Å². The Morgan fingerprint density at radius 2 is 1.81 bits per heavy atom. The van der Waals surface area contributed by atoms with E-state index in [1.54, 1.807) is 11.8 Å². The summed E-state index contributed by atoms with van der Waals surface area (Å²) in [6, 6.07) is 12.3. The van der Waals surface area contributed by atoms with Crippen LogP contribution in [0.25, 0.3) is 10.9 Å². The summed E-state index contributed by atoms with van der Waals surface area (Å²) < 4.78 is 7.05. The zero-order valence-electron chi connectivity index (χ0n) is 22.3. The molecule has 0 amide bonds. The maximum absolute atomic E-state index is 13.5. The van der Waals surface area contributed by atoms with Crippen molar-refractivity contribution in [1.29, 1.82) is 0 Å². The van der Waals surface area contributed by atoms with Crippen molar-refractivity contribution in [3.05, 3.63) is 80.4 Å². The normalized spacial score (nSPS) is 15.4. The quantitative estimate of drug-likeness (QED) is 0.415. The lowest BCUT2D eigenvalue weighted by Crippen LogP contribution is -2.49. The highest BCUT2D eigenvalue weighted by atomic mass is 16.5. The molecule has 1 fully saturated rings. The number of H-pyrrole nitrogens is 1. The molecule has 0 saturated carbocycles. The van der Waals surface area contributed by atoms with Crippen LogP contribution in [0.15, 0.2) is 41.2 Å². The number of hydrogen-bond acceptors (Lipinski definition) is 7. The third kappa shape index (κ3) is 4.89. The summed E-state index contributed by atoms with van der Waals surface area (Å²) in [6.45, 7) is 12.7. The number of rotatable bonds is 7. The summed E-state index contributed by atoms with van der Waals surface area (Å²) in [5.74, 6) is 0.659. The lowest BCUT2D eigenvalue weighted by atomic mass is 10.00. The van der Waals surface area contributed by atoms with Crippen LogP contribution >= 0.6 is 0 Å². The number of benzene rings is 2. The van der Waals surface area contributed by atoms with E-state index < -0.39 is 0 Å². The third-order valence-electron chi connectivity index (χ3n) is 7.52. The Balaban J connectivity index is 1.54. The molecule has 1 saturated heterocycles. The number of pyridine rings is 1. The Bertz CT molecular complexity index is 1470. The van der Waals surface area contributed by atoms with Crippen LogP contribution in [-0.4, -0.2) is 70.0 Å². The first-order valence-corrected chi connectivity index (χ1v) is 12.8. The maximum atomic E-state index is 13.5. The number of aryl methyl sites for hydroxylation is 3. The lowest BCUT2D eigenvalue weighted by Gasteiger charge is -2.40. The molecule has 0 unspecified atom stereocenters. The van der Waals surface area contributed by atoms with Gasteiger partial charge in [0, 0.05) is 44.5 Å². The Morgan fingerprint density at radius 1 is 1.03 bits per heavy atom. The van der Waals surface area contributed by atoms with Crippen molar-refractivity contribution < 1.29 is 4.74 Å². The van der Waals surface area contributed by atoms with Gasteiger partial charge in [-0.05, 0) is 78.4 Å². The maximum Gasteiger partial charge on any atom is 0.253 e. The van der Waals surface area contributed by atoms with Crippen molar-refractivity contribution in [1.82, 2.24) is 30.1 Å². The van der Waals surface area contributed by atoms with Crippen molar-refractivity contribution in [3.8, 4) is 0 Å². The van der Waals surface area contributed by atoms with Crippen molar-refractivity contribution in [2.24, 2.45) is 0 Å². The SMILES string of the molecule is COCCn1nnnc1[C@@H](c1cc2cc(C)cc(C)c2[nH]c1=O)N1CCN(c2cccc(C)c2C)CC1. The van der Waals surface area contributed by atoms with Gasteiger partial charge in [-0.25, -0.2) is 4.68 Å². The van der Waals surface area contributed by atoms with Gasteiger partial charge in [-0.15, -0.1) is 5.10 Å². The molecular formula is C28H35N7O2. The number of methoxy groups -OCH3 is 1. The van der Waals surface area contributed by atoms with Crippen molar-refractivity contribution in [3.63, 3.8) is 0 Å². The summed E-state index contributed by atoms with van der Waals surface area (Å²) in [5, 5.41) is 13.6. The van der Waals surface area contributed by atoms with E-state index in [0.29, 0.717) is 24.5 Å². The average Bonchev–Trinajstić information content (AvgIpc) is 3.34. The molecular weight excluding hydrogens is 466 g/mol. The fourth-order valence-corrected chi connectivity index (χ4v) is 5.45. The summed E-state index contributed by atoms with van der Waals surface area (Å²) in [4.78, 5) is 21.5. The number of nitrogens with zero attached hydrogens (tertiary/aromatic N) is 6. The van der Waals surface area contributed by atoms with E-state index in [1.807, 2.05) is 13.0 Å². The van der Waals surface area contributed by atoms with Crippen LogP contribution in [0.5, 0.6) is 0 Å². The monoisotopic (exact) mass is 501 g/mol. The van der Waals surface area contributed by atoms with Gasteiger partial charge in [0.1, 0.15) is 6.04 Å². The third-order valence-corrected chi connectivity index (χ3v) is 7.52. The largest absolute Gasteiger partial charge is 0.383 e. The molecule has 0 radical (unpaired) electrons. The van der Waals surface area contributed by atoms with Crippen LogP contribution in [0.1, 0.15) is 39.7 Å². The van der Waals surface area contributed by atoms with Crippen LogP contribution < -0.4 is 10.5 Å². The molecule has 1 aliphatic heterocycles. The first-order chi connectivity index (χ1) is 17.9. The molecule has 2 aromatic heterocycles. The molecule has 37 heavy (non-hydrogen) atoms. The highest BCUT2D eigenvalue weighted by molar-refractivity contribution is 5.83. The molecule has 194 valence electrons. The number of aromatic amines is 1. The molecule has 1 aliphatic rings. The van der Waals surface area contributed by atoms with E-state index in [9.17, 15) is 4.79 Å².